The third-order valence-corrected chi connectivity index (χ3v) is 3.05. The van der Waals surface area contributed by atoms with E-state index in [1.807, 2.05) is 19.9 Å². The number of aryl methyl sites for hydroxylation is 1. The van der Waals surface area contributed by atoms with Crippen LogP contribution in [0.5, 0.6) is 5.75 Å². The molecule has 0 heterocycles. The Morgan fingerprint density at radius 1 is 1.13 bits per heavy atom. The zero-order valence-corrected chi connectivity index (χ0v) is 17.0. The molecule has 0 aliphatic rings. The van der Waals surface area contributed by atoms with Crippen LogP contribution in [-0.2, 0) is 11.3 Å². The Kier molecular flexibility index (Phi) is 12.8. The molecule has 0 aromatic heterocycles. The van der Waals surface area contributed by atoms with Crippen molar-refractivity contribution in [1.82, 2.24) is 10.6 Å². The number of aliphatic imine (C=N–C) groups is 1. The third kappa shape index (κ3) is 9.00. The number of nitrogens with zero attached hydrogens (tertiary/aromatic N) is 1. The van der Waals surface area contributed by atoms with E-state index >= 15 is 0 Å². The molecule has 0 unspecified atom stereocenters. The average molecular weight is 435 g/mol. The van der Waals surface area contributed by atoms with Crippen molar-refractivity contribution >= 4 is 29.9 Å². The van der Waals surface area contributed by atoms with Gasteiger partial charge in [-0.2, -0.15) is 0 Å². The highest BCUT2D eigenvalue weighted by Crippen LogP contribution is 2.19. The molecule has 0 amide bonds. The van der Waals surface area contributed by atoms with E-state index in [4.69, 9.17) is 9.47 Å². The fourth-order valence-corrected chi connectivity index (χ4v) is 2.03. The van der Waals surface area contributed by atoms with Crippen LogP contribution in [0.3, 0.4) is 0 Å². The van der Waals surface area contributed by atoms with Gasteiger partial charge in [0.05, 0.1) is 19.8 Å². The first-order valence-electron chi connectivity index (χ1n) is 8.03. The molecular formula is C17H30IN3O2. The molecule has 6 heteroatoms. The molecule has 1 aromatic rings. The van der Waals surface area contributed by atoms with Gasteiger partial charge >= 0.3 is 0 Å². The summed E-state index contributed by atoms with van der Waals surface area (Å²) in [6.45, 7) is 12.4. The summed E-state index contributed by atoms with van der Waals surface area (Å²) in [6, 6.07) is 6.20. The van der Waals surface area contributed by atoms with Gasteiger partial charge in [0.2, 0.25) is 0 Å². The van der Waals surface area contributed by atoms with E-state index in [9.17, 15) is 0 Å². The molecule has 0 saturated carbocycles. The minimum atomic E-state index is 0. The molecule has 0 fully saturated rings. The Bertz CT molecular complexity index is 467. The molecule has 0 aliphatic carbocycles. The predicted molar refractivity (Wildman–Crippen MR) is 107 cm³/mol. The van der Waals surface area contributed by atoms with Crippen molar-refractivity contribution in [3.05, 3.63) is 29.3 Å². The Morgan fingerprint density at radius 2 is 1.91 bits per heavy atom. The molecule has 23 heavy (non-hydrogen) atoms. The first-order chi connectivity index (χ1) is 10.7. The number of benzene rings is 1. The quantitative estimate of drug-likeness (QED) is 0.271. The van der Waals surface area contributed by atoms with Crippen molar-refractivity contribution < 1.29 is 9.47 Å². The van der Waals surface area contributed by atoms with Crippen LogP contribution >= 0.6 is 24.0 Å². The molecule has 0 atom stereocenters. The van der Waals surface area contributed by atoms with Gasteiger partial charge in [0, 0.05) is 19.7 Å². The smallest absolute Gasteiger partial charge is 0.191 e. The van der Waals surface area contributed by atoms with Crippen LogP contribution in [0.25, 0.3) is 0 Å². The second kappa shape index (κ2) is 13.4. The molecule has 2 N–H and O–H groups in total. The van der Waals surface area contributed by atoms with Gasteiger partial charge < -0.3 is 20.1 Å². The van der Waals surface area contributed by atoms with Gasteiger partial charge in [0.25, 0.3) is 0 Å². The van der Waals surface area contributed by atoms with Gasteiger partial charge in [0.1, 0.15) is 5.75 Å². The molecule has 0 spiro atoms. The van der Waals surface area contributed by atoms with Gasteiger partial charge in [-0.05, 0) is 44.9 Å². The van der Waals surface area contributed by atoms with Crippen LogP contribution < -0.4 is 15.4 Å². The summed E-state index contributed by atoms with van der Waals surface area (Å²) in [6.07, 6.45) is 0. The highest BCUT2D eigenvalue weighted by atomic mass is 127. The maximum atomic E-state index is 5.56. The van der Waals surface area contributed by atoms with Crippen molar-refractivity contribution in [3.8, 4) is 5.75 Å². The van der Waals surface area contributed by atoms with E-state index in [0.29, 0.717) is 19.8 Å². The average Bonchev–Trinajstić information content (AvgIpc) is 2.51. The Hall–Kier alpha value is -1.02. The molecule has 5 nitrogen and oxygen atoms in total. The van der Waals surface area contributed by atoms with E-state index in [0.717, 1.165) is 37.0 Å². The molecule has 0 radical (unpaired) electrons. The van der Waals surface area contributed by atoms with Crippen LogP contribution in [0.4, 0.5) is 0 Å². The topological polar surface area (TPSA) is 54.9 Å². The van der Waals surface area contributed by atoms with Crippen LogP contribution in [0.2, 0.25) is 0 Å². The van der Waals surface area contributed by atoms with Crippen molar-refractivity contribution in [2.24, 2.45) is 4.99 Å². The van der Waals surface area contributed by atoms with Crippen LogP contribution in [-0.4, -0.2) is 38.9 Å². The molecule has 0 bridgehead atoms. The molecule has 132 valence electrons. The number of rotatable bonds is 9. The summed E-state index contributed by atoms with van der Waals surface area (Å²) in [5, 5.41) is 6.50. The minimum Gasteiger partial charge on any atom is -0.494 e. The summed E-state index contributed by atoms with van der Waals surface area (Å²) in [4.78, 5) is 4.60. The van der Waals surface area contributed by atoms with E-state index < -0.39 is 0 Å². The van der Waals surface area contributed by atoms with Gasteiger partial charge in [-0.3, -0.25) is 0 Å². The summed E-state index contributed by atoms with van der Waals surface area (Å²) in [7, 11) is 0. The maximum absolute atomic E-state index is 5.56. The second-order valence-corrected chi connectivity index (χ2v) is 4.85. The van der Waals surface area contributed by atoms with Crippen LogP contribution in [0.15, 0.2) is 23.2 Å². The standard InChI is InChI=1S/C17H29N3O2.HI/c1-5-18-17(19-10-11-21-6-2)20-13-15-8-9-16(22-7-3)14(4)12-15;/h8-9,12H,5-7,10-11,13H2,1-4H3,(H2,18,19,20);1H. The zero-order chi connectivity index (χ0) is 16.2. The number of guanidine groups is 1. The Balaban J connectivity index is 0.00000484. The van der Waals surface area contributed by atoms with Crippen molar-refractivity contribution in [1.29, 1.82) is 0 Å². The number of nitrogens with one attached hydrogen (secondary N) is 2. The van der Waals surface area contributed by atoms with Gasteiger partial charge in [-0.15, -0.1) is 24.0 Å². The number of hydrogen-bond donors (Lipinski definition) is 2. The van der Waals surface area contributed by atoms with E-state index in [1.165, 1.54) is 5.56 Å². The lowest BCUT2D eigenvalue weighted by molar-refractivity contribution is 0.152. The van der Waals surface area contributed by atoms with E-state index in [-0.39, 0.29) is 24.0 Å². The molecule has 1 aromatic carbocycles. The lowest BCUT2D eigenvalue weighted by atomic mass is 10.1. The fraction of sp³-hybridized carbons (Fsp3) is 0.588. The lowest BCUT2D eigenvalue weighted by Crippen LogP contribution is -2.39. The number of ether oxygens (including phenoxy) is 2. The third-order valence-electron chi connectivity index (χ3n) is 3.05. The molecule has 1 rings (SSSR count). The molecular weight excluding hydrogens is 405 g/mol. The first kappa shape index (κ1) is 22.0. The van der Waals surface area contributed by atoms with Crippen LogP contribution in [0, 0.1) is 6.92 Å². The zero-order valence-electron chi connectivity index (χ0n) is 14.6. The van der Waals surface area contributed by atoms with Crippen LogP contribution in [0.1, 0.15) is 31.9 Å². The summed E-state index contributed by atoms with van der Waals surface area (Å²) >= 11 is 0. The Labute approximate surface area is 157 Å². The predicted octanol–water partition coefficient (Wildman–Crippen LogP) is 3.10. The minimum absolute atomic E-state index is 0. The lowest BCUT2D eigenvalue weighted by Gasteiger charge is -2.12. The highest BCUT2D eigenvalue weighted by molar-refractivity contribution is 14.0. The van der Waals surface area contributed by atoms with E-state index in [2.05, 4.69) is 41.6 Å². The van der Waals surface area contributed by atoms with Crippen molar-refractivity contribution in [2.45, 2.75) is 34.2 Å². The monoisotopic (exact) mass is 435 g/mol. The normalized spacial score (nSPS) is 10.9. The van der Waals surface area contributed by atoms with Crippen molar-refractivity contribution in [3.63, 3.8) is 0 Å². The van der Waals surface area contributed by atoms with Gasteiger partial charge in [-0.25, -0.2) is 4.99 Å². The number of hydrogen-bond acceptors (Lipinski definition) is 3. The fourth-order valence-electron chi connectivity index (χ4n) is 2.03. The SMILES string of the molecule is CCNC(=NCc1ccc(OCC)c(C)c1)NCCOCC.I. The first-order valence-corrected chi connectivity index (χ1v) is 8.03. The molecule has 0 saturated heterocycles. The van der Waals surface area contributed by atoms with E-state index in [1.54, 1.807) is 0 Å². The summed E-state index contributed by atoms with van der Waals surface area (Å²) < 4.78 is 10.9. The van der Waals surface area contributed by atoms with Crippen molar-refractivity contribution in [2.75, 3.05) is 32.9 Å². The number of halogens is 1. The summed E-state index contributed by atoms with van der Waals surface area (Å²) in [5.41, 5.74) is 2.31. The Morgan fingerprint density at radius 3 is 2.52 bits per heavy atom. The van der Waals surface area contributed by atoms with Gasteiger partial charge in [0.15, 0.2) is 5.96 Å². The second-order valence-electron chi connectivity index (χ2n) is 4.85. The van der Waals surface area contributed by atoms with Gasteiger partial charge in [-0.1, -0.05) is 12.1 Å². The summed E-state index contributed by atoms with van der Waals surface area (Å²) in [5.74, 6) is 1.76. The highest BCUT2D eigenvalue weighted by Gasteiger charge is 2.01. The molecule has 0 aliphatic heterocycles. The largest absolute Gasteiger partial charge is 0.494 e. The maximum Gasteiger partial charge on any atom is 0.191 e.